The molecule has 26 heavy (non-hydrogen) atoms. The van der Waals surface area contributed by atoms with Gasteiger partial charge in [0.15, 0.2) is 0 Å². The highest BCUT2D eigenvalue weighted by molar-refractivity contribution is 5.89. The number of carboxylic acids is 1. The molecule has 0 amide bonds. The van der Waals surface area contributed by atoms with Crippen LogP contribution in [0.25, 0.3) is 0 Å². The van der Waals surface area contributed by atoms with Crippen LogP contribution in [-0.2, 0) is 14.3 Å². The van der Waals surface area contributed by atoms with Gasteiger partial charge in [0, 0.05) is 11.5 Å². The van der Waals surface area contributed by atoms with E-state index >= 15 is 0 Å². The summed E-state index contributed by atoms with van der Waals surface area (Å²) in [7, 11) is 0. The molecule has 0 heterocycles. The Labute approximate surface area is 152 Å². The number of carboxylic acid groups (broad SMARTS) is 1. The molecule has 144 valence electrons. The van der Waals surface area contributed by atoms with Crippen molar-refractivity contribution >= 4 is 11.9 Å². The predicted octanol–water partition coefficient (Wildman–Crippen LogP) is 0.825. The topological polar surface area (TPSA) is 124 Å². The number of hydrogen-bond acceptors (Lipinski definition) is 6. The summed E-state index contributed by atoms with van der Waals surface area (Å²) in [5.41, 5.74) is -1.03. The zero-order valence-electron chi connectivity index (χ0n) is 14.9. The van der Waals surface area contributed by atoms with Crippen LogP contribution in [0.2, 0.25) is 0 Å². The predicted molar refractivity (Wildman–Crippen MR) is 95.0 cm³/mol. The van der Waals surface area contributed by atoms with Crippen LogP contribution in [0.4, 0.5) is 0 Å². The van der Waals surface area contributed by atoms with E-state index in [9.17, 15) is 24.9 Å². The van der Waals surface area contributed by atoms with Gasteiger partial charge < -0.3 is 25.2 Å². The molecule has 0 aromatic heterocycles. The third-order valence-corrected chi connectivity index (χ3v) is 4.99. The van der Waals surface area contributed by atoms with E-state index in [2.05, 4.69) is 26.3 Å². The second-order valence-electron chi connectivity index (χ2n) is 6.76. The second kappa shape index (κ2) is 8.44. The molecule has 0 unspecified atom stereocenters. The minimum Gasteiger partial charge on any atom is -0.478 e. The summed E-state index contributed by atoms with van der Waals surface area (Å²) in [6, 6.07) is 0. The second-order valence-corrected chi connectivity index (χ2v) is 6.76. The summed E-state index contributed by atoms with van der Waals surface area (Å²) >= 11 is 0. The van der Waals surface area contributed by atoms with Crippen LogP contribution in [-0.4, -0.2) is 57.8 Å². The molecule has 1 fully saturated rings. The molecule has 4 N–H and O–H groups in total. The minimum absolute atomic E-state index is 0.124. The van der Waals surface area contributed by atoms with Crippen LogP contribution in [0, 0.1) is 17.3 Å². The van der Waals surface area contributed by atoms with E-state index in [1.807, 2.05) is 0 Å². The van der Waals surface area contributed by atoms with Gasteiger partial charge in [-0.15, -0.1) is 6.58 Å². The fraction of sp³-hybridized carbons (Fsp3) is 0.474. The monoisotopic (exact) mass is 366 g/mol. The molecule has 7 nitrogen and oxygen atoms in total. The molecule has 0 bridgehead atoms. The van der Waals surface area contributed by atoms with Gasteiger partial charge in [0.25, 0.3) is 0 Å². The molecule has 0 aromatic rings. The Morgan fingerprint density at radius 2 is 1.81 bits per heavy atom. The number of aliphatic hydroxyl groups is 3. The smallest absolute Gasteiger partial charge is 0.336 e. The highest BCUT2D eigenvalue weighted by Gasteiger charge is 2.53. The van der Waals surface area contributed by atoms with Gasteiger partial charge in [-0.05, 0) is 17.4 Å². The van der Waals surface area contributed by atoms with Crippen molar-refractivity contribution in [3.8, 4) is 0 Å². The number of aliphatic carboxylic acids is 1. The summed E-state index contributed by atoms with van der Waals surface area (Å²) in [5, 5.41) is 38.7. The molecule has 0 saturated heterocycles. The quantitative estimate of drug-likeness (QED) is 0.285. The Morgan fingerprint density at radius 3 is 2.23 bits per heavy atom. The van der Waals surface area contributed by atoms with E-state index in [-0.39, 0.29) is 17.6 Å². The zero-order chi connectivity index (χ0) is 20.2. The van der Waals surface area contributed by atoms with E-state index in [0.29, 0.717) is 5.57 Å². The Balaban J connectivity index is 3.37. The van der Waals surface area contributed by atoms with E-state index in [1.165, 1.54) is 0 Å². The number of ether oxygens (including phenoxy) is 1. The van der Waals surface area contributed by atoms with Gasteiger partial charge in [-0.2, -0.15) is 0 Å². The molecular formula is C19H26O7. The number of aliphatic hydroxyl groups excluding tert-OH is 3. The molecular weight excluding hydrogens is 340 g/mol. The maximum Gasteiger partial charge on any atom is 0.336 e. The van der Waals surface area contributed by atoms with Gasteiger partial charge in [0.2, 0.25) is 0 Å². The standard InChI is InChI=1S/C19H26O7/c1-6-19(5)7-13(26-18(25)11(3)9-21)14(12(4)17(23)24)16(22)15(19)10(2)8-20/h6,13-16,20-22H,1-4,7-9H2,5H3,(H,23,24)/t13-,14+,15+,16-,19+/m0/s1. The summed E-state index contributed by atoms with van der Waals surface area (Å²) in [4.78, 5) is 23.5. The first-order valence-corrected chi connectivity index (χ1v) is 8.05. The van der Waals surface area contributed by atoms with Crippen molar-refractivity contribution in [2.45, 2.75) is 25.6 Å². The van der Waals surface area contributed by atoms with Gasteiger partial charge in [-0.1, -0.05) is 32.7 Å². The normalized spacial score (nSPS) is 30.9. The molecule has 1 aliphatic carbocycles. The van der Waals surface area contributed by atoms with E-state index in [0.717, 1.165) is 0 Å². The average Bonchev–Trinajstić information content (AvgIpc) is 2.59. The highest BCUT2D eigenvalue weighted by atomic mass is 16.5. The van der Waals surface area contributed by atoms with Crippen molar-refractivity contribution in [3.63, 3.8) is 0 Å². The first-order chi connectivity index (χ1) is 12.0. The third-order valence-electron chi connectivity index (χ3n) is 4.99. The van der Waals surface area contributed by atoms with Gasteiger partial charge in [-0.3, -0.25) is 0 Å². The van der Waals surface area contributed by atoms with Gasteiger partial charge in [-0.25, -0.2) is 9.59 Å². The van der Waals surface area contributed by atoms with E-state index < -0.39 is 54.6 Å². The lowest BCUT2D eigenvalue weighted by molar-refractivity contribution is -0.161. The SMILES string of the molecule is C=C[C@]1(C)C[C@H](OC(=O)C(=C)CO)[C@@H](C(=C)C(=O)O)[C@H](O)[C@H]1C(=C)CO. The van der Waals surface area contributed by atoms with Crippen LogP contribution in [0.15, 0.2) is 49.1 Å². The summed E-state index contributed by atoms with van der Waals surface area (Å²) in [6.45, 7) is 15.1. The summed E-state index contributed by atoms with van der Waals surface area (Å²) in [6.07, 6.45) is -0.674. The molecule has 7 heteroatoms. The number of carbonyl (C=O) groups is 2. The molecule has 1 saturated carbocycles. The third kappa shape index (κ3) is 4.12. The number of rotatable bonds is 8. The average molecular weight is 366 g/mol. The van der Waals surface area contributed by atoms with Gasteiger partial charge in [0.1, 0.15) is 6.10 Å². The first-order valence-electron chi connectivity index (χ1n) is 8.05. The van der Waals surface area contributed by atoms with Crippen LogP contribution in [0.1, 0.15) is 13.3 Å². The van der Waals surface area contributed by atoms with Crippen LogP contribution >= 0.6 is 0 Å². The molecule has 1 rings (SSSR count). The Morgan fingerprint density at radius 1 is 1.23 bits per heavy atom. The molecule has 0 spiro atoms. The van der Waals surface area contributed by atoms with Crippen molar-refractivity contribution < 1.29 is 34.8 Å². The Hall–Kier alpha value is -2.22. The van der Waals surface area contributed by atoms with Crippen LogP contribution in [0.3, 0.4) is 0 Å². The molecule has 0 radical (unpaired) electrons. The maximum atomic E-state index is 12.0. The molecule has 0 aromatic carbocycles. The van der Waals surface area contributed by atoms with E-state index in [4.69, 9.17) is 9.84 Å². The number of esters is 1. The van der Waals surface area contributed by atoms with Crippen LogP contribution in [0.5, 0.6) is 0 Å². The first kappa shape index (κ1) is 21.8. The zero-order valence-corrected chi connectivity index (χ0v) is 14.9. The van der Waals surface area contributed by atoms with E-state index in [1.54, 1.807) is 13.0 Å². The number of allylic oxidation sites excluding steroid dienone is 1. The summed E-state index contributed by atoms with van der Waals surface area (Å²) in [5.74, 6) is -4.06. The molecule has 1 aliphatic rings. The van der Waals surface area contributed by atoms with Crippen molar-refractivity contribution in [2.75, 3.05) is 13.2 Å². The number of hydrogen-bond donors (Lipinski definition) is 4. The lowest BCUT2D eigenvalue weighted by Crippen LogP contribution is -2.54. The number of carbonyl (C=O) groups excluding carboxylic acids is 1. The van der Waals surface area contributed by atoms with Crippen LogP contribution < -0.4 is 0 Å². The van der Waals surface area contributed by atoms with Crippen molar-refractivity contribution in [2.24, 2.45) is 17.3 Å². The highest BCUT2D eigenvalue weighted by Crippen LogP contribution is 2.50. The summed E-state index contributed by atoms with van der Waals surface area (Å²) < 4.78 is 5.33. The molecule has 0 aliphatic heterocycles. The van der Waals surface area contributed by atoms with Crippen molar-refractivity contribution in [3.05, 3.63) is 49.1 Å². The van der Waals surface area contributed by atoms with Crippen molar-refractivity contribution in [1.82, 2.24) is 0 Å². The fourth-order valence-corrected chi connectivity index (χ4v) is 3.49. The maximum absolute atomic E-state index is 12.0. The lowest BCUT2D eigenvalue weighted by atomic mass is 9.58. The largest absolute Gasteiger partial charge is 0.478 e. The fourth-order valence-electron chi connectivity index (χ4n) is 3.49. The minimum atomic E-state index is -1.34. The lowest BCUT2D eigenvalue weighted by Gasteiger charge is -2.50. The van der Waals surface area contributed by atoms with Gasteiger partial charge >= 0.3 is 11.9 Å². The van der Waals surface area contributed by atoms with Crippen molar-refractivity contribution in [1.29, 1.82) is 0 Å². The molecule has 5 atom stereocenters. The Bertz CT molecular complexity index is 636. The van der Waals surface area contributed by atoms with Gasteiger partial charge in [0.05, 0.1) is 30.8 Å². The Kier molecular flexibility index (Phi) is 7.08.